The lowest BCUT2D eigenvalue weighted by Gasteiger charge is -2.54. The highest BCUT2D eigenvalue weighted by Gasteiger charge is 2.66. The van der Waals surface area contributed by atoms with E-state index >= 15 is 0 Å². The molecule has 0 aromatic carbocycles. The highest BCUT2D eigenvalue weighted by atomic mass is 19.4. The maximum Gasteiger partial charge on any atom is 0.426 e. The number of ether oxygens (including phenoxy) is 1. The van der Waals surface area contributed by atoms with Crippen molar-refractivity contribution in [2.75, 3.05) is 5.32 Å². The second-order valence-corrected chi connectivity index (χ2v) is 6.56. The van der Waals surface area contributed by atoms with Gasteiger partial charge in [-0.1, -0.05) is 19.9 Å². The molecule has 1 fully saturated rings. The summed E-state index contributed by atoms with van der Waals surface area (Å²) in [6.45, 7) is 5.31. The van der Waals surface area contributed by atoms with E-state index in [1.165, 1.54) is 31.3 Å². The van der Waals surface area contributed by atoms with E-state index in [1.54, 1.807) is 0 Å². The number of nitrogens with zero attached hydrogens (tertiary/aromatic N) is 1. The van der Waals surface area contributed by atoms with E-state index in [9.17, 15) is 27.5 Å². The van der Waals surface area contributed by atoms with Crippen LogP contribution in [0.1, 0.15) is 27.2 Å². The van der Waals surface area contributed by atoms with Crippen LogP contribution in [0.2, 0.25) is 0 Å². The molecule has 2 heterocycles. The Morgan fingerprint density at radius 1 is 1.39 bits per heavy atom. The molecular weight excluding hydrogens is 380 g/mol. The van der Waals surface area contributed by atoms with Gasteiger partial charge in [-0.2, -0.15) is 13.2 Å². The van der Waals surface area contributed by atoms with Crippen LogP contribution in [0.25, 0.3) is 0 Å². The predicted molar refractivity (Wildman–Crippen MR) is 94.9 cm³/mol. The number of aliphatic hydroxyl groups is 1. The van der Waals surface area contributed by atoms with Gasteiger partial charge in [-0.3, -0.25) is 9.78 Å². The predicted octanol–water partition coefficient (Wildman–Crippen LogP) is 3.93. The molecule has 1 aromatic heterocycles. The van der Waals surface area contributed by atoms with Gasteiger partial charge < -0.3 is 15.2 Å². The van der Waals surface area contributed by atoms with Gasteiger partial charge in [0.05, 0.1) is 23.6 Å². The maximum atomic E-state index is 13.6. The molecule has 5 nitrogen and oxygen atoms in total. The number of carbonyl (C=O) groups excluding carboxylic acids is 1. The van der Waals surface area contributed by atoms with Gasteiger partial charge in [0.2, 0.25) is 5.60 Å². The minimum atomic E-state index is -5.26. The van der Waals surface area contributed by atoms with E-state index in [1.807, 2.05) is 19.2 Å². The van der Waals surface area contributed by atoms with Crippen molar-refractivity contribution in [3.05, 3.63) is 48.6 Å². The summed E-state index contributed by atoms with van der Waals surface area (Å²) in [7, 11) is 0. The number of halogens is 4. The molecule has 0 spiro atoms. The summed E-state index contributed by atoms with van der Waals surface area (Å²) in [5, 5.41) is 12.3. The first-order chi connectivity index (χ1) is 13.1. The number of nitrogens with one attached hydrogen (secondary N) is 1. The van der Waals surface area contributed by atoms with Crippen LogP contribution in [0.5, 0.6) is 0 Å². The third-order valence-electron chi connectivity index (χ3n) is 4.62. The fourth-order valence-corrected chi connectivity index (χ4v) is 3.23. The average molecular weight is 402 g/mol. The molecule has 1 amide bonds. The molecule has 0 radical (unpaired) electrons. The van der Waals surface area contributed by atoms with Crippen molar-refractivity contribution in [3.63, 3.8) is 0 Å². The summed E-state index contributed by atoms with van der Waals surface area (Å²) in [4.78, 5) is 15.9. The molecule has 4 unspecified atom stereocenters. The van der Waals surface area contributed by atoms with Crippen LogP contribution in [-0.2, 0) is 9.53 Å². The summed E-state index contributed by atoms with van der Waals surface area (Å²) < 4.78 is 59.6. The molecule has 2 aliphatic rings. The van der Waals surface area contributed by atoms with Gasteiger partial charge >= 0.3 is 6.18 Å². The molecule has 4 atom stereocenters. The normalized spacial score (nSPS) is 27.9. The molecule has 2 N–H and O–H groups in total. The van der Waals surface area contributed by atoms with Crippen LogP contribution < -0.4 is 5.32 Å². The molecule has 1 aromatic rings. The number of pyridine rings is 1. The molecule has 1 saturated heterocycles. The SMILES string of the molecule is CC.CC1(CC(O)(C(=O)Nc2cccnc2)C(F)(F)F)OC2C=CC(F)=CC21. The topological polar surface area (TPSA) is 71.5 Å². The second kappa shape index (κ2) is 8.00. The zero-order valence-corrected chi connectivity index (χ0v) is 15.6. The van der Waals surface area contributed by atoms with Crippen LogP contribution in [-0.4, -0.2) is 39.5 Å². The molecular formula is C19H22F4N2O3. The molecule has 3 rings (SSSR count). The van der Waals surface area contributed by atoms with Crippen LogP contribution in [0.4, 0.5) is 23.2 Å². The third-order valence-corrected chi connectivity index (χ3v) is 4.62. The Morgan fingerprint density at radius 3 is 2.64 bits per heavy atom. The third kappa shape index (κ3) is 4.10. The minimum Gasteiger partial charge on any atom is -0.373 e. The molecule has 0 saturated carbocycles. The van der Waals surface area contributed by atoms with Crippen molar-refractivity contribution in [1.82, 2.24) is 4.98 Å². The Hall–Kier alpha value is -2.26. The van der Waals surface area contributed by atoms with Gasteiger partial charge in [0.25, 0.3) is 5.91 Å². The lowest BCUT2D eigenvalue weighted by atomic mass is 9.70. The Labute approximate surface area is 160 Å². The number of hydrogen-bond acceptors (Lipinski definition) is 4. The van der Waals surface area contributed by atoms with E-state index in [0.717, 1.165) is 18.3 Å². The zero-order valence-electron chi connectivity index (χ0n) is 15.6. The van der Waals surface area contributed by atoms with E-state index < -0.39 is 47.6 Å². The first kappa shape index (κ1) is 22.0. The lowest BCUT2D eigenvalue weighted by molar-refractivity contribution is -0.293. The monoisotopic (exact) mass is 402 g/mol. The highest BCUT2D eigenvalue weighted by molar-refractivity contribution is 5.97. The number of rotatable bonds is 4. The summed E-state index contributed by atoms with van der Waals surface area (Å²) in [6, 6.07) is 2.76. The second-order valence-electron chi connectivity index (χ2n) is 6.56. The van der Waals surface area contributed by atoms with Crippen molar-refractivity contribution in [1.29, 1.82) is 0 Å². The fraction of sp³-hybridized carbons (Fsp3) is 0.474. The Kier molecular flexibility index (Phi) is 6.30. The minimum absolute atomic E-state index is 0.00396. The quantitative estimate of drug-likeness (QED) is 0.749. The van der Waals surface area contributed by atoms with E-state index in [2.05, 4.69) is 4.98 Å². The van der Waals surface area contributed by atoms with Crippen LogP contribution in [0.3, 0.4) is 0 Å². The van der Waals surface area contributed by atoms with E-state index in [0.29, 0.717) is 0 Å². The van der Waals surface area contributed by atoms with Gasteiger partial charge in [-0.05, 0) is 31.2 Å². The Morgan fingerprint density at radius 2 is 2.07 bits per heavy atom. The number of carbonyl (C=O) groups is 1. The number of amides is 1. The van der Waals surface area contributed by atoms with Crippen LogP contribution >= 0.6 is 0 Å². The fourth-order valence-electron chi connectivity index (χ4n) is 3.23. The Bertz CT molecular complexity index is 766. The summed E-state index contributed by atoms with van der Waals surface area (Å²) in [5.74, 6) is -2.97. The van der Waals surface area contributed by atoms with E-state index in [-0.39, 0.29) is 5.69 Å². The number of fused-ring (bicyclic) bond motifs is 1. The van der Waals surface area contributed by atoms with Gasteiger partial charge in [0, 0.05) is 18.5 Å². The van der Waals surface area contributed by atoms with Gasteiger partial charge in [0.1, 0.15) is 5.83 Å². The molecule has 9 heteroatoms. The Balaban J connectivity index is 0.00000136. The maximum absolute atomic E-state index is 13.6. The largest absolute Gasteiger partial charge is 0.426 e. The molecule has 0 bridgehead atoms. The first-order valence-corrected chi connectivity index (χ1v) is 8.79. The average Bonchev–Trinajstić information content (AvgIpc) is 2.64. The number of allylic oxidation sites excluding steroid dienone is 2. The van der Waals surface area contributed by atoms with Gasteiger partial charge in [0.15, 0.2) is 0 Å². The first-order valence-electron chi connectivity index (χ1n) is 8.79. The molecule has 154 valence electrons. The standard InChI is InChI=1S/C17H16F4N2O3.C2H6/c1-15(12-7-10(18)4-5-13(12)26-15)9-16(25,17(19,20)21)14(24)23-11-3-2-6-22-8-11;1-2/h2-8,12-13,25H,9H2,1H3,(H,23,24);1-2H3. The highest BCUT2D eigenvalue weighted by Crippen LogP contribution is 2.50. The van der Waals surface area contributed by atoms with Crippen molar-refractivity contribution in [2.24, 2.45) is 5.92 Å². The number of hydrogen-bond donors (Lipinski definition) is 2. The number of alkyl halides is 3. The van der Waals surface area contributed by atoms with E-state index in [4.69, 9.17) is 4.74 Å². The van der Waals surface area contributed by atoms with Crippen molar-refractivity contribution < 1.29 is 32.2 Å². The summed E-state index contributed by atoms with van der Waals surface area (Å²) >= 11 is 0. The zero-order chi connectivity index (χ0) is 21.2. The van der Waals surface area contributed by atoms with Crippen molar-refractivity contribution in [2.45, 2.75) is 50.7 Å². The molecule has 28 heavy (non-hydrogen) atoms. The van der Waals surface area contributed by atoms with Crippen LogP contribution in [0, 0.1) is 5.92 Å². The summed E-state index contributed by atoms with van der Waals surface area (Å²) in [6.07, 6.45) is -0.695. The summed E-state index contributed by atoms with van der Waals surface area (Å²) in [5.41, 5.74) is -5.26. The van der Waals surface area contributed by atoms with Crippen LogP contribution in [0.15, 0.2) is 48.6 Å². The number of anilines is 1. The van der Waals surface area contributed by atoms with Crippen molar-refractivity contribution >= 4 is 11.6 Å². The molecule has 1 aliphatic carbocycles. The van der Waals surface area contributed by atoms with Crippen molar-refractivity contribution in [3.8, 4) is 0 Å². The lowest BCUT2D eigenvalue weighted by Crippen LogP contribution is -2.65. The van der Waals surface area contributed by atoms with Gasteiger partial charge in [-0.15, -0.1) is 0 Å². The molecule has 1 aliphatic heterocycles. The number of aromatic nitrogens is 1. The smallest absolute Gasteiger partial charge is 0.373 e. The van der Waals surface area contributed by atoms with Gasteiger partial charge in [-0.25, -0.2) is 4.39 Å².